The van der Waals surface area contributed by atoms with Crippen molar-refractivity contribution in [1.82, 2.24) is 10.2 Å². The minimum Gasteiger partial charge on any atom is -0.391 e. The van der Waals surface area contributed by atoms with Crippen LogP contribution in [-0.4, -0.2) is 47.2 Å². The SMILES string of the molecule is CCCNC1CCCN(C2CCCCCC2O)C1=O. The molecule has 2 N–H and O–H groups in total. The predicted octanol–water partition coefficient (Wildman–Crippen LogP) is 1.67. The average Bonchev–Trinajstić information content (AvgIpc) is 2.62. The molecule has 0 radical (unpaired) electrons. The van der Waals surface area contributed by atoms with Crippen molar-refractivity contribution in [2.24, 2.45) is 0 Å². The molecule has 0 aromatic rings. The third-order valence-electron chi connectivity index (χ3n) is 4.46. The van der Waals surface area contributed by atoms with E-state index in [0.717, 1.165) is 58.0 Å². The first-order chi connectivity index (χ1) is 9.24. The van der Waals surface area contributed by atoms with Crippen molar-refractivity contribution in [3.05, 3.63) is 0 Å². The van der Waals surface area contributed by atoms with Gasteiger partial charge in [-0.15, -0.1) is 0 Å². The summed E-state index contributed by atoms with van der Waals surface area (Å²) in [5.41, 5.74) is 0. The maximum absolute atomic E-state index is 12.5. The number of carbonyl (C=O) groups is 1. The number of piperidine rings is 1. The summed E-state index contributed by atoms with van der Waals surface area (Å²) in [5, 5.41) is 13.6. The van der Waals surface area contributed by atoms with E-state index in [1.165, 1.54) is 6.42 Å². The lowest BCUT2D eigenvalue weighted by Gasteiger charge is -2.40. The van der Waals surface area contributed by atoms with E-state index in [1.807, 2.05) is 4.90 Å². The lowest BCUT2D eigenvalue weighted by atomic mass is 9.97. The molecular weight excluding hydrogens is 240 g/mol. The molecule has 4 nitrogen and oxygen atoms in total. The van der Waals surface area contributed by atoms with Gasteiger partial charge in [-0.1, -0.05) is 26.2 Å². The van der Waals surface area contributed by atoms with Crippen LogP contribution in [0.2, 0.25) is 0 Å². The predicted molar refractivity (Wildman–Crippen MR) is 75.9 cm³/mol. The zero-order valence-corrected chi connectivity index (χ0v) is 12.1. The average molecular weight is 268 g/mol. The number of nitrogens with one attached hydrogen (secondary N) is 1. The van der Waals surface area contributed by atoms with Crippen LogP contribution in [-0.2, 0) is 4.79 Å². The molecule has 1 aliphatic carbocycles. The van der Waals surface area contributed by atoms with Gasteiger partial charge in [0.2, 0.25) is 5.91 Å². The Morgan fingerprint density at radius 2 is 2.00 bits per heavy atom. The molecule has 2 aliphatic rings. The van der Waals surface area contributed by atoms with Gasteiger partial charge in [0.25, 0.3) is 0 Å². The normalized spacial score (nSPS) is 33.3. The highest BCUT2D eigenvalue weighted by atomic mass is 16.3. The monoisotopic (exact) mass is 268 g/mol. The first-order valence-corrected chi connectivity index (χ1v) is 7.96. The van der Waals surface area contributed by atoms with Gasteiger partial charge < -0.3 is 15.3 Å². The summed E-state index contributed by atoms with van der Waals surface area (Å²) < 4.78 is 0. The molecule has 0 bridgehead atoms. The van der Waals surface area contributed by atoms with Crippen LogP contribution in [0.1, 0.15) is 58.3 Å². The van der Waals surface area contributed by atoms with Gasteiger partial charge >= 0.3 is 0 Å². The van der Waals surface area contributed by atoms with Crippen molar-refractivity contribution in [1.29, 1.82) is 0 Å². The quantitative estimate of drug-likeness (QED) is 0.763. The molecule has 1 amide bonds. The van der Waals surface area contributed by atoms with E-state index in [4.69, 9.17) is 0 Å². The largest absolute Gasteiger partial charge is 0.391 e. The number of aliphatic hydroxyl groups excluding tert-OH is 1. The fourth-order valence-corrected chi connectivity index (χ4v) is 3.37. The van der Waals surface area contributed by atoms with Crippen molar-refractivity contribution in [3.63, 3.8) is 0 Å². The number of amides is 1. The maximum atomic E-state index is 12.5. The molecule has 0 spiro atoms. The molecule has 1 heterocycles. The Morgan fingerprint density at radius 1 is 1.21 bits per heavy atom. The number of rotatable bonds is 4. The highest BCUT2D eigenvalue weighted by Crippen LogP contribution is 2.25. The molecule has 1 saturated heterocycles. The maximum Gasteiger partial charge on any atom is 0.240 e. The molecule has 110 valence electrons. The fraction of sp³-hybridized carbons (Fsp3) is 0.933. The van der Waals surface area contributed by atoms with Gasteiger partial charge in [-0.3, -0.25) is 4.79 Å². The van der Waals surface area contributed by atoms with Gasteiger partial charge in [0, 0.05) is 6.54 Å². The second kappa shape index (κ2) is 7.25. The van der Waals surface area contributed by atoms with Gasteiger partial charge in [-0.2, -0.15) is 0 Å². The molecule has 2 rings (SSSR count). The molecule has 2 fully saturated rings. The van der Waals surface area contributed by atoms with Crippen LogP contribution in [0.15, 0.2) is 0 Å². The van der Waals surface area contributed by atoms with Gasteiger partial charge in [-0.25, -0.2) is 0 Å². The summed E-state index contributed by atoms with van der Waals surface area (Å²) in [6.45, 7) is 3.84. The first-order valence-electron chi connectivity index (χ1n) is 7.96. The summed E-state index contributed by atoms with van der Waals surface area (Å²) >= 11 is 0. The topological polar surface area (TPSA) is 52.6 Å². The summed E-state index contributed by atoms with van der Waals surface area (Å²) in [6.07, 6.45) is 7.96. The van der Waals surface area contributed by atoms with E-state index < -0.39 is 0 Å². The summed E-state index contributed by atoms with van der Waals surface area (Å²) in [4.78, 5) is 14.5. The molecule has 4 heteroatoms. The molecule has 1 saturated carbocycles. The Balaban J connectivity index is 1.99. The minimum atomic E-state index is -0.323. The van der Waals surface area contributed by atoms with Crippen LogP contribution < -0.4 is 5.32 Å². The number of likely N-dealkylation sites (tertiary alicyclic amines) is 1. The Labute approximate surface area is 116 Å². The minimum absolute atomic E-state index is 0.0239. The van der Waals surface area contributed by atoms with Crippen LogP contribution >= 0.6 is 0 Å². The van der Waals surface area contributed by atoms with E-state index in [0.29, 0.717) is 0 Å². The number of carbonyl (C=O) groups excluding carboxylic acids is 1. The summed E-state index contributed by atoms with van der Waals surface area (Å²) in [5.74, 6) is 0.214. The molecule has 0 aromatic carbocycles. The van der Waals surface area contributed by atoms with Gasteiger partial charge in [-0.05, 0) is 38.6 Å². The Hall–Kier alpha value is -0.610. The first kappa shape index (κ1) is 14.8. The van der Waals surface area contributed by atoms with Crippen molar-refractivity contribution >= 4 is 5.91 Å². The molecule has 3 unspecified atom stereocenters. The zero-order valence-electron chi connectivity index (χ0n) is 12.1. The van der Waals surface area contributed by atoms with Crippen molar-refractivity contribution in [2.45, 2.75) is 76.5 Å². The van der Waals surface area contributed by atoms with Crippen LogP contribution in [0.25, 0.3) is 0 Å². The highest BCUT2D eigenvalue weighted by molar-refractivity contribution is 5.83. The van der Waals surface area contributed by atoms with Gasteiger partial charge in [0.15, 0.2) is 0 Å². The van der Waals surface area contributed by atoms with Crippen molar-refractivity contribution in [2.75, 3.05) is 13.1 Å². The van der Waals surface area contributed by atoms with E-state index in [2.05, 4.69) is 12.2 Å². The third-order valence-corrected chi connectivity index (χ3v) is 4.46. The summed E-state index contributed by atoms with van der Waals surface area (Å²) in [7, 11) is 0. The molecule has 0 aromatic heterocycles. The van der Waals surface area contributed by atoms with Crippen LogP contribution in [0.3, 0.4) is 0 Å². The van der Waals surface area contributed by atoms with E-state index >= 15 is 0 Å². The second-order valence-corrected chi connectivity index (χ2v) is 5.95. The fourth-order valence-electron chi connectivity index (χ4n) is 3.37. The zero-order chi connectivity index (χ0) is 13.7. The Morgan fingerprint density at radius 3 is 2.79 bits per heavy atom. The van der Waals surface area contributed by atoms with Crippen LogP contribution in [0.4, 0.5) is 0 Å². The Bertz CT molecular complexity index is 296. The Kier molecular flexibility index (Phi) is 5.64. The molecule has 1 aliphatic heterocycles. The van der Waals surface area contributed by atoms with E-state index in [-0.39, 0.29) is 24.1 Å². The van der Waals surface area contributed by atoms with E-state index in [9.17, 15) is 9.90 Å². The van der Waals surface area contributed by atoms with E-state index in [1.54, 1.807) is 0 Å². The van der Waals surface area contributed by atoms with Gasteiger partial charge in [0.05, 0.1) is 18.2 Å². The molecular formula is C15H28N2O2. The lowest BCUT2D eigenvalue weighted by Crippen LogP contribution is -2.56. The number of aliphatic hydroxyl groups is 1. The van der Waals surface area contributed by atoms with Gasteiger partial charge in [0.1, 0.15) is 0 Å². The highest BCUT2D eigenvalue weighted by Gasteiger charge is 2.36. The lowest BCUT2D eigenvalue weighted by molar-refractivity contribution is -0.141. The second-order valence-electron chi connectivity index (χ2n) is 5.95. The van der Waals surface area contributed by atoms with Crippen LogP contribution in [0.5, 0.6) is 0 Å². The number of nitrogens with zero attached hydrogens (tertiary/aromatic N) is 1. The van der Waals surface area contributed by atoms with Crippen LogP contribution in [0, 0.1) is 0 Å². The molecule has 3 atom stereocenters. The van der Waals surface area contributed by atoms with Crippen molar-refractivity contribution in [3.8, 4) is 0 Å². The number of hydrogen-bond donors (Lipinski definition) is 2. The summed E-state index contributed by atoms with van der Waals surface area (Å²) in [6, 6.07) is 0.0328. The standard InChI is InChI=1S/C15H28N2O2/c1-2-10-16-12-7-6-11-17(15(12)19)13-8-4-3-5-9-14(13)18/h12-14,16,18H,2-11H2,1H3. The van der Waals surface area contributed by atoms with Crippen molar-refractivity contribution < 1.29 is 9.90 Å². The number of hydrogen-bond acceptors (Lipinski definition) is 3. The molecule has 19 heavy (non-hydrogen) atoms. The third kappa shape index (κ3) is 3.69. The smallest absolute Gasteiger partial charge is 0.240 e.